The molecule has 1 aromatic rings. The van der Waals surface area contributed by atoms with Crippen molar-refractivity contribution in [3.05, 3.63) is 35.5 Å². The van der Waals surface area contributed by atoms with Gasteiger partial charge in [-0.3, -0.25) is 4.79 Å². The summed E-state index contributed by atoms with van der Waals surface area (Å²) in [5, 5.41) is 20.3. The monoisotopic (exact) mass is 280 g/mol. The van der Waals surface area contributed by atoms with Gasteiger partial charge in [-0.15, -0.1) is 0 Å². The Balaban J connectivity index is 2.40. The maximum absolute atomic E-state index is 12.4. The van der Waals surface area contributed by atoms with Crippen LogP contribution in [0.25, 0.3) is 0 Å². The molecule has 0 aliphatic carbocycles. The summed E-state index contributed by atoms with van der Waals surface area (Å²) >= 11 is 0. The molecule has 1 aromatic carbocycles. The highest BCUT2D eigenvalue weighted by molar-refractivity contribution is 6.07. The van der Waals surface area contributed by atoms with Crippen LogP contribution in [0.4, 0.5) is 11.4 Å². The van der Waals surface area contributed by atoms with E-state index in [0.717, 1.165) is 16.9 Å². The molecule has 5 nitrogen and oxygen atoms in total. The third kappa shape index (κ3) is 2.34. The third-order valence-corrected chi connectivity index (χ3v) is 3.68. The first-order valence-corrected chi connectivity index (χ1v) is 6.69. The van der Waals surface area contributed by atoms with Gasteiger partial charge in [-0.05, 0) is 44.5 Å². The summed E-state index contributed by atoms with van der Waals surface area (Å²) in [6.45, 7) is 6.39. The van der Waals surface area contributed by atoms with Gasteiger partial charge in [-0.25, -0.2) is 0 Å². The number of hydrogen-bond donors (Lipinski definition) is 1. The number of likely N-dealkylation sites (N-methyl/N-ethyl adjacent to an activating group) is 1. The van der Waals surface area contributed by atoms with E-state index in [-0.39, 0.29) is 11.5 Å². The lowest BCUT2D eigenvalue weighted by molar-refractivity contribution is -0.122. The van der Waals surface area contributed by atoms with Crippen LogP contribution in [0, 0.1) is 22.7 Å². The van der Waals surface area contributed by atoms with Crippen LogP contribution in [0.15, 0.2) is 30.0 Å². The molecule has 2 rings (SSSR count). The van der Waals surface area contributed by atoms with Crippen molar-refractivity contribution in [2.24, 2.45) is 0 Å². The highest BCUT2D eigenvalue weighted by Crippen LogP contribution is 2.42. The third-order valence-electron chi connectivity index (χ3n) is 3.68. The Bertz CT molecular complexity index is 688. The Morgan fingerprint density at radius 2 is 2.05 bits per heavy atom. The molecule has 1 heterocycles. The predicted molar refractivity (Wildman–Crippen MR) is 80.4 cm³/mol. The number of amides is 1. The van der Waals surface area contributed by atoms with E-state index in [0.29, 0.717) is 6.54 Å². The van der Waals surface area contributed by atoms with Crippen LogP contribution in [0.2, 0.25) is 0 Å². The number of anilines is 2. The van der Waals surface area contributed by atoms with Crippen LogP contribution < -0.4 is 10.2 Å². The summed E-state index contributed by atoms with van der Waals surface area (Å²) in [7, 11) is 0. The normalized spacial score (nSPS) is 14.9. The number of fused-ring (bicyclic) bond motifs is 1. The molecule has 0 radical (unpaired) electrons. The lowest BCUT2D eigenvalue weighted by Crippen LogP contribution is -2.35. The van der Waals surface area contributed by atoms with Gasteiger partial charge < -0.3 is 10.2 Å². The number of nitrogens with zero attached hydrogens (tertiary/aromatic N) is 3. The predicted octanol–water partition coefficient (Wildman–Crippen LogP) is 2.67. The SMILES string of the molecule is CCN1C(=O)C(C)(C)c2cc(NC=C(C#N)C#N)ccc21. The summed E-state index contributed by atoms with van der Waals surface area (Å²) in [5.74, 6) is 0.0856. The smallest absolute Gasteiger partial charge is 0.237 e. The molecule has 106 valence electrons. The Hall–Kier alpha value is -2.79. The van der Waals surface area contributed by atoms with E-state index in [9.17, 15) is 4.79 Å². The fourth-order valence-electron chi connectivity index (χ4n) is 2.48. The van der Waals surface area contributed by atoms with Gasteiger partial charge in [-0.1, -0.05) is 0 Å². The van der Waals surface area contributed by atoms with E-state index in [1.165, 1.54) is 6.20 Å². The molecule has 0 unspecified atom stereocenters. The first-order valence-electron chi connectivity index (χ1n) is 6.69. The zero-order valence-corrected chi connectivity index (χ0v) is 12.3. The van der Waals surface area contributed by atoms with Crippen molar-refractivity contribution in [1.29, 1.82) is 10.5 Å². The topological polar surface area (TPSA) is 79.9 Å². The zero-order valence-electron chi connectivity index (χ0n) is 12.3. The minimum absolute atomic E-state index is 0.000944. The van der Waals surface area contributed by atoms with Crippen LogP contribution in [0.5, 0.6) is 0 Å². The summed E-state index contributed by atoms with van der Waals surface area (Å²) < 4.78 is 0. The van der Waals surface area contributed by atoms with Gasteiger partial charge in [0.15, 0.2) is 0 Å². The highest BCUT2D eigenvalue weighted by atomic mass is 16.2. The number of nitrogens with one attached hydrogen (secondary N) is 1. The first kappa shape index (κ1) is 14.6. The molecule has 21 heavy (non-hydrogen) atoms. The molecule has 1 N–H and O–H groups in total. The number of rotatable bonds is 3. The van der Waals surface area contributed by atoms with Gasteiger partial charge in [0.2, 0.25) is 5.91 Å². The van der Waals surface area contributed by atoms with Crippen LogP contribution in [-0.2, 0) is 10.2 Å². The lowest BCUT2D eigenvalue weighted by Gasteiger charge is -2.18. The fourth-order valence-corrected chi connectivity index (χ4v) is 2.48. The second-order valence-electron chi connectivity index (χ2n) is 5.33. The molecule has 0 saturated carbocycles. The maximum atomic E-state index is 12.4. The van der Waals surface area contributed by atoms with Crippen LogP contribution in [0.1, 0.15) is 26.3 Å². The summed E-state index contributed by atoms with van der Waals surface area (Å²) in [6.07, 6.45) is 1.36. The van der Waals surface area contributed by atoms with Crippen molar-refractivity contribution >= 4 is 17.3 Å². The van der Waals surface area contributed by atoms with Crippen molar-refractivity contribution in [3.8, 4) is 12.1 Å². The van der Waals surface area contributed by atoms with Gasteiger partial charge in [0.05, 0.1) is 5.41 Å². The molecule has 1 amide bonds. The highest BCUT2D eigenvalue weighted by Gasteiger charge is 2.43. The number of nitriles is 2. The summed E-state index contributed by atoms with van der Waals surface area (Å²) in [5.41, 5.74) is 2.04. The largest absolute Gasteiger partial charge is 0.360 e. The molecule has 0 saturated heterocycles. The molecule has 5 heteroatoms. The molecule has 0 fully saturated rings. The van der Waals surface area contributed by atoms with Gasteiger partial charge in [-0.2, -0.15) is 10.5 Å². The number of carbonyl (C=O) groups is 1. The minimum atomic E-state index is -0.569. The summed E-state index contributed by atoms with van der Waals surface area (Å²) in [4.78, 5) is 14.2. The second kappa shape index (κ2) is 5.30. The quantitative estimate of drug-likeness (QED) is 0.863. The molecule has 0 aromatic heterocycles. The number of allylic oxidation sites excluding steroid dienone is 1. The molecule has 0 bridgehead atoms. The average molecular weight is 280 g/mol. The molecule has 1 aliphatic rings. The summed E-state index contributed by atoms with van der Waals surface area (Å²) in [6, 6.07) is 9.19. The second-order valence-corrected chi connectivity index (χ2v) is 5.33. The maximum Gasteiger partial charge on any atom is 0.237 e. The van der Waals surface area contributed by atoms with Gasteiger partial charge in [0.25, 0.3) is 0 Å². The Morgan fingerprint density at radius 1 is 1.38 bits per heavy atom. The van der Waals surface area contributed by atoms with E-state index >= 15 is 0 Å². The molecular formula is C16H16N4O. The van der Waals surface area contributed by atoms with Crippen molar-refractivity contribution in [2.75, 3.05) is 16.8 Å². The standard InChI is InChI=1S/C16H16N4O/c1-4-20-14-6-5-12(19-10-11(8-17)9-18)7-13(14)16(2,3)15(20)21/h5-7,10,19H,4H2,1-3H3. The van der Waals surface area contributed by atoms with Crippen molar-refractivity contribution < 1.29 is 4.79 Å². The van der Waals surface area contributed by atoms with Crippen molar-refractivity contribution in [3.63, 3.8) is 0 Å². The van der Waals surface area contributed by atoms with E-state index in [4.69, 9.17) is 10.5 Å². The molecular weight excluding hydrogens is 264 g/mol. The van der Waals surface area contributed by atoms with Crippen molar-refractivity contribution in [2.45, 2.75) is 26.2 Å². The van der Waals surface area contributed by atoms with Crippen LogP contribution in [-0.4, -0.2) is 12.5 Å². The first-order chi connectivity index (χ1) is 9.95. The molecule has 0 spiro atoms. The minimum Gasteiger partial charge on any atom is -0.360 e. The van der Waals surface area contributed by atoms with Crippen LogP contribution >= 0.6 is 0 Å². The van der Waals surface area contributed by atoms with E-state index in [1.807, 2.05) is 39.0 Å². The van der Waals surface area contributed by atoms with Gasteiger partial charge in [0, 0.05) is 24.1 Å². The fraction of sp³-hybridized carbons (Fsp3) is 0.312. The number of hydrogen-bond acceptors (Lipinski definition) is 4. The van der Waals surface area contributed by atoms with Crippen molar-refractivity contribution in [1.82, 2.24) is 0 Å². The number of benzene rings is 1. The number of carbonyl (C=O) groups excluding carboxylic acids is 1. The van der Waals surface area contributed by atoms with E-state index in [1.54, 1.807) is 17.0 Å². The van der Waals surface area contributed by atoms with E-state index < -0.39 is 5.41 Å². The lowest BCUT2D eigenvalue weighted by atomic mass is 9.86. The Morgan fingerprint density at radius 3 is 2.62 bits per heavy atom. The van der Waals surface area contributed by atoms with Gasteiger partial charge >= 0.3 is 0 Å². The Labute approximate surface area is 124 Å². The van der Waals surface area contributed by atoms with Gasteiger partial charge in [0.1, 0.15) is 17.7 Å². The average Bonchev–Trinajstić information content (AvgIpc) is 2.67. The van der Waals surface area contributed by atoms with E-state index in [2.05, 4.69) is 5.32 Å². The molecule has 1 aliphatic heterocycles. The zero-order chi connectivity index (χ0) is 15.6. The van der Waals surface area contributed by atoms with Crippen LogP contribution in [0.3, 0.4) is 0 Å². The Kier molecular flexibility index (Phi) is 3.69. The molecule has 0 atom stereocenters.